The van der Waals surface area contributed by atoms with Gasteiger partial charge in [-0.1, -0.05) is 13.8 Å². The number of rotatable bonds is 5. The lowest BCUT2D eigenvalue weighted by molar-refractivity contribution is -0.151. The second-order valence-electron chi connectivity index (χ2n) is 6.01. The topological polar surface area (TPSA) is 38.3 Å². The number of esters is 1. The highest BCUT2D eigenvalue weighted by molar-refractivity contribution is 5.69. The lowest BCUT2D eigenvalue weighted by Crippen LogP contribution is -2.29. The highest BCUT2D eigenvalue weighted by atomic mass is 16.5. The normalized spacial score (nSPS) is 33.4. The molecule has 2 aliphatic carbocycles. The largest absolute Gasteiger partial charge is 0.462 e. The van der Waals surface area contributed by atoms with Crippen LogP contribution in [-0.2, 0) is 9.53 Å². The Bertz CT molecular complexity index is 253. The van der Waals surface area contributed by atoms with Crippen molar-refractivity contribution in [2.75, 3.05) is 6.54 Å². The van der Waals surface area contributed by atoms with Crippen LogP contribution in [0.1, 0.15) is 52.4 Å². The summed E-state index contributed by atoms with van der Waals surface area (Å²) in [5, 5.41) is 3.34. The molecular weight excluding hydrogens is 214 g/mol. The summed E-state index contributed by atoms with van der Waals surface area (Å²) in [6.45, 7) is 5.29. The molecule has 2 rings (SSSR count). The van der Waals surface area contributed by atoms with Crippen molar-refractivity contribution in [3.63, 3.8) is 0 Å². The first kappa shape index (κ1) is 12.9. The predicted octanol–water partition coefficient (Wildman–Crippen LogP) is 2.50. The zero-order chi connectivity index (χ0) is 12.3. The number of carbonyl (C=O) groups is 1. The van der Waals surface area contributed by atoms with E-state index < -0.39 is 0 Å². The minimum atomic E-state index is -0.0237. The van der Waals surface area contributed by atoms with Crippen molar-refractivity contribution in [3.05, 3.63) is 0 Å². The van der Waals surface area contributed by atoms with Gasteiger partial charge in [0.25, 0.3) is 0 Å². The average molecular weight is 239 g/mol. The fourth-order valence-electron chi connectivity index (χ4n) is 2.88. The molecule has 2 aliphatic rings. The van der Waals surface area contributed by atoms with Gasteiger partial charge < -0.3 is 10.1 Å². The molecule has 0 heterocycles. The van der Waals surface area contributed by atoms with Gasteiger partial charge >= 0.3 is 5.97 Å². The van der Waals surface area contributed by atoms with Gasteiger partial charge in [0.15, 0.2) is 0 Å². The summed E-state index contributed by atoms with van der Waals surface area (Å²) in [7, 11) is 0. The smallest absolute Gasteiger partial charge is 0.307 e. The Labute approximate surface area is 104 Å². The van der Waals surface area contributed by atoms with Gasteiger partial charge in [-0.3, -0.25) is 4.79 Å². The van der Waals surface area contributed by atoms with Crippen LogP contribution in [0.4, 0.5) is 0 Å². The predicted molar refractivity (Wildman–Crippen MR) is 67.7 cm³/mol. The molecule has 98 valence electrons. The summed E-state index contributed by atoms with van der Waals surface area (Å²) in [5.74, 6) is 1.37. The van der Waals surface area contributed by atoms with Crippen LogP contribution in [0.15, 0.2) is 0 Å². The molecule has 17 heavy (non-hydrogen) atoms. The third-order valence-corrected chi connectivity index (χ3v) is 3.77. The Morgan fingerprint density at radius 1 is 1.18 bits per heavy atom. The zero-order valence-corrected chi connectivity index (χ0v) is 11.1. The monoisotopic (exact) mass is 239 g/mol. The molecule has 3 nitrogen and oxygen atoms in total. The van der Waals surface area contributed by atoms with E-state index in [1.54, 1.807) is 0 Å². The van der Waals surface area contributed by atoms with Crippen molar-refractivity contribution in [1.29, 1.82) is 0 Å². The SMILES string of the molecule is CC1CC(C)CC(OC(=O)CCNC2CC2)C1. The standard InChI is InChI=1S/C14H25NO2/c1-10-7-11(2)9-13(8-10)17-14(16)5-6-15-12-3-4-12/h10-13,15H,3-9H2,1-2H3. The molecule has 2 fully saturated rings. The van der Waals surface area contributed by atoms with Crippen LogP contribution in [-0.4, -0.2) is 24.7 Å². The maximum Gasteiger partial charge on any atom is 0.307 e. The molecular formula is C14H25NO2. The number of carbonyl (C=O) groups excluding carboxylic acids is 1. The third-order valence-electron chi connectivity index (χ3n) is 3.77. The van der Waals surface area contributed by atoms with Gasteiger partial charge in [-0.2, -0.15) is 0 Å². The number of ether oxygens (including phenoxy) is 1. The van der Waals surface area contributed by atoms with Crippen LogP contribution in [0.3, 0.4) is 0 Å². The van der Waals surface area contributed by atoms with Gasteiger partial charge in [0.2, 0.25) is 0 Å². The molecule has 0 aliphatic heterocycles. The molecule has 1 N–H and O–H groups in total. The van der Waals surface area contributed by atoms with Crippen molar-refractivity contribution in [1.82, 2.24) is 5.32 Å². The van der Waals surface area contributed by atoms with Gasteiger partial charge in [-0.15, -0.1) is 0 Å². The fraction of sp³-hybridized carbons (Fsp3) is 0.929. The summed E-state index contributed by atoms with van der Waals surface area (Å²) in [6, 6.07) is 0.678. The molecule has 0 aromatic rings. The lowest BCUT2D eigenvalue weighted by Gasteiger charge is -2.31. The van der Waals surface area contributed by atoms with Crippen LogP contribution in [0.25, 0.3) is 0 Å². The molecule has 0 bridgehead atoms. The number of hydrogen-bond donors (Lipinski definition) is 1. The van der Waals surface area contributed by atoms with Gasteiger partial charge in [0.1, 0.15) is 6.10 Å². The molecule has 2 atom stereocenters. The molecule has 0 spiro atoms. The summed E-state index contributed by atoms with van der Waals surface area (Å²) in [4.78, 5) is 11.7. The van der Waals surface area contributed by atoms with E-state index in [-0.39, 0.29) is 12.1 Å². The first-order valence-electron chi connectivity index (χ1n) is 7.06. The van der Waals surface area contributed by atoms with Crippen LogP contribution in [0, 0.1) is 11.8 Å². The van der Waals surface area contributed by atoms with E-state index in [4.69, 9.17) is 4.74 Å². The summed E-state index contributed by atoms with van der Waals surface area (Å²) >= 11 is 0. The second-order valence-corrected chi connectivity index (χ2v) is 6.01. The molecule has 0 aromatic heterocycles. The molecule has 0 amide bonds. The summed E-state index contributed by atoms with van der Waals surface area (Å²) < 4.78 is 5.56. The zero-order valence-electron chi connectivity index (χ0n) is 11.1. The summed E-state index contributed by atoms with van der Waals surface area (Å²) in [6.07, 6.45) is 6.60. The van der Waals surface area contributed by atoms with Crippen molar-refractivity contribution in [2.45, 2.75) is 64.5 Å². The lowest BCUT2D eigenvalue weighted by atomic mass is 9.82. The third kappa shape index (κ3) is 4.66. The Morgan fingerprint density at radius 2 is 1.82 bits per heavy atom. The molecule has 0 aromatic carbocycles. The van der Waals surface area contributed by atoms with E-state index in [2.05, 4.69) is 19.2 Å². The maximum atomic E-state index is 11.7. The summed E-state index contributed by atoms with van der Waals surface area (Å²) in [5.41, 5.74) is 0. The minimum Gasteiger partial charge on any atom is -0.462 e. The molecule has 0 radical (unpaired) electrons. The Kier molecular flexibility index (Phi) is 4.43. The Hall–Kier alpha value is -0.570. The van der Waals surface area contributed by atoms with E-state index in [0.29, 0.717) is 24.3 Å². The van der Waals surface area contributed by atoms with Crippen molar-refractivity contribution in [3.8, 4) is 0 Å². The van der Waals surface area contributed by atoms with Crippen LogP contribution < -0.4 is 5.32 Å². The number of hydrogen-bond acceptors (Lipinski definition) is 3. The first-order chi connectivity index (χ1) is 8.13. The number of nitrogens with one attached hydrogen (secondary N) is 1. The average Bonchev–Trinajstić information content (AvgIpc) is 2.99. The van der Waals surface area contributed by atoms with E-state index in [1.165, 1.54) is 19.3 Å². The van der Waals surface area contributed by atoms with Crippen molar-refractivity contribution < 1.29 is 9.53 Å². The fourth-order valence-corrected chi connectivity index (χ4v) is 2.88. The van der Waals surface area contributed by atoms with Gasteiger partial charge in [0.05, 0.1) is 6.42 Å². The van der Waals surface area contributed by atoms with Crippen LogP contribution in [0.5, 0.6) is 0 Å². The van der Waals surface area contributed by atoms with Gasteiger partial charge in [-0.05, 0) is 43.9 Å². The van der Waals surface area contributed by atoms with E-state index >= 15 is 0 Å². The molecule has 0 saturated heterocycles. The van der Waals surface area contributed by atoms with Gasteiger partial charge in [-0.25, -0.2) is 0 Å². The molecule has 3 heteroatoms. The Balaban J connectivity index is 1.62. The quantitative estimate of drug-likeness (QED) is 0.749. The molecule has 2 saturated carbocycles. The van der Waals surface area contributed by atoms with Crippen LogP contribution in [0.2, 0.25) is 0 Å². The second kappa shape index (κ2) is 5.85. The highest BCUT2D eigenvalue weighted by Crippen LogP contribution is 2.30. The van der Waals surface area contributed by atoms with Gasteiger partial charge in [0, 0.05) is 12.6 Å². The van der Waals surface area contributed by atoms with E-state index in [9.17, 15) is 4.79 Å². The van der Waals surface area contributed by atoms with E-state index in [1.807, 2.05) is 0 Å². The van der Waals surface area contributed by atoms with Crippen LogP contribution >= 0.6 is 0 Å². The maximum absolute atomic E-state index is 11.7. The highest BCUT2D eigenvalue weighted by Gasteiger charge is 2.26. The molecule has 2 unspecified atom stereocenters. The van der Waals surface area contributed by atoms with Crippen molar-refractivity contribution in [2.24, 2.45) is 11.8 Å². The minimum absolute atomic E-state index is 0.0237. The first-order valence-corrected chi connectivity index (χ1v) is 7.06. The van der Waals surface area contributed by atoms with Crippen molar-refractivity contribution >= 4 is 5.97 Å². The van der Waals surface area contributed by atoms with E-state index in [0.717, 1.165) is 19.4 Å². The Morgan fingerprint density at radius 3 is 2.41 bits per heavy atom.